The quantitative estimate of drug-likeness (QED) is 0.802. The number of nitrogens with two attached hydrogens (primary N) is 1. The fourth-order valence-corrected chi connectivity index (χ4v) is 1.51. The SMILES string of the molecule is COc1ccc(N(C)C(C)CCN)cc1. The van der Waals surface area contributed by atoms with Crippen molar-refractivity contribution in [3.8, 4) is 5.75 Å². The van der Waals surface area contributed by atoms with Crippen LogP contribution in [0.5, 0.6) is 5.75 Å². The Balaban J connectivity index is 2.69. The molecule has 2 N–H and O–H groups in total. The van der Waals surface area contributed by atoms with Gasteiger partial charge in [-0.1, -0.05) is 0 Å². The summed E-state index contributed by atoms with van der Waals surface area (Å²) in [5.41, 5.74) is 6.74. The summed E-state index contributed by atoms with van der Waals surface area (Å²) in [6.07, 6.45) is 1.00. The van der Waals surface area contributed by atoms with E-state index in [9.17, 15) is 0 Å². The predicted molar refractivity (Wildman–Crippen MR) is 64.5 cm³/mol. The van der Waals surface area contributed by atoms with Gasteiger partial charge in [-0.25, -0.2) is 0 Å². The van der Waals surface area contributed by atoms with E-state index in [1.807, 2.05) is 12.1 Å². The van der Waals surface area contributed by atoms with Crippen molar-refractivity contribution in [3.05, 3.63) is 24.3 Å². The minimum absolute atomic E-state index is 0.461. The van der Waals surface area contributed by atoms with Crippen LogP contribution >= 0.6 is 0 Å². The molecule has 0 heterocycles. The van der Waals surface area contributed by atoms with Gasteiger partial charge >= 0.3 is 0 Å². The predicted octanol–water partition coefficient (Wildman–Crippen LogP) is 1.87. The Bertz CT molecular complexity index is 284. The lowest BCUT2D eigenvalue weighted by molar-refractivity contribution is 0.415. The first-order valence-electron chi connectivity index (χ1n) is 5.26. The van der Waals surface area contributed by atoms with Crippen LogP contribution in [0, 0.1) is 0 Å². The van der Waals surface area contributed by atoms with Crippen LogP contribution in [0.4, 0.5) is 5.69 Å². The summed E-state index contributed by atoms with van der Waals surface area (Å²) in [5.74, 6) is 0.888. The largest absolute Gasteiger partial charge is 0.497 e. The fraction of sp³-hybridized carbons (Fsp3) is 0.500. The van der Waals surface area contributed by atoms with E-state index in [4.69, 9.17) is 10.5 Å². The van der Waals surface area contributed by atoms with E-state index in [2.05, 4.69) is 31.0 Å². The Morgan fingerprint density at radius 1 is 1.33 bits per heavy atom. The summed E-state index contributed by atoms with van der Waals surface area (Å²) >= 11 is 0. The second-order valence-corrected chi connectivity index (χ2v) is 3.74. The Morgan fingerprint density at radius 3 is 2.40 bits per heavy atom. The van der Waals surface area contributed by atoms with Gasteiger partial charge in [0.15, 0.2) is 0 Å². The smallest absolute Gasteiger partial charge is 0.119 e. The maximum absolute atomic E-state index is 5.54. The van der Waals surface area contributed by atoms with Gasteiger partial charge < -0.3 is 15.4 Å². The van der Waals surface area contributed by atoms with Gasteiger partial charge in [0.25, 0.3) is 0 Å². The van der Waals surface area contributed by atoms with Crippen molar-refractivity contribution in [2.24, 2.45) is 5.73 Å². The summed E-state index contributed by atoms with van der Waals surface area (Å²) < 4.78 is 5.12. The maximum Gasteiger partial charge on any atom is 0.119 e. The molecule has 0 aliphatic carbocycles. The average molecular weight is 208 g/mol. The zero-order valence-electron chi connectivity index (χ0n) is 9.73. The lowest BCUT2D eigenvalue weighted by Crippen LogP contribution is -2.30. The summed E-state index contributed by atoms with van der Waals surface area (Å²) in [6.45, 7) is 2.90. The van der Waals surface area contributed by atoms with Crippen LogP contribution in [0.2, 0.25) is 0 Å². The molecule has 1 aromatic rings. The molecule has 1 atom stereocenters. The molecule has 3 heteroatoms. The molecule has 0 saturated carbocycles. The first-order valence-corrected chi connectivity index (χ1v) is 5.26. The molecule has 1 rings (SSSR count). The van der Waals surface area contributed by atoms with Gasteiger partial charge in [-0.2, -0.15) is 0 Å². The van der Waals surface area contributed by atoms with E-state index in [0.717, 1.165) is 18.7 Å². The first-order chi connectivity index (χ1) is 7.19. The Morgan fingerprint density at radius 2 is 1.93 bits per heavy atom. The zero-order valence-corrected chi connectivity index (χ0v) is 9.73. The van der Waals surface area contributed by atoms with Crippen molar-refractivity contribution in [2.75, 3.05) is 25.6 Å². The molecule has 3 nitrogen and oxygen atoms in total. The summed E-state index contributed by atoms with van der Waals surface area (Å²) in [5, 5.41) is 0. The Kier molecular flexibility index (Phi) is 4.43. The van der Waals surface area contributed by atoms with Crippen molar-refractivity contribution >= 4 is 5.69 Å². The second-order valence-electron chi connectivity index (χ2n) is 3.74. The number of rotatable bonds is 5. The van der Waals surface area contributed by atoms with Gasteiger partial charge in [-0.15, -0.1) is 0 Å². The minimum Gasteiger partial charge on any atom is -0.497 e. The van der Waals surface area contributed by atoms with E-state index in [0.29, 0.717) is 6.04 Å². The molecule has 0 bridgehead atoms. The highest BCUT2D eigenvalue weighted by atomic mass is 16.5. The molecule has 1 aromatic carbocycles. The van der Waals surface area contributed by atoms with Crippen LogP contribution in [-0.4, -0.2) is 26.7 Å². The van der Waals surface area contributed by atoms with Crippen LogP contribution < -0.4 is 15.4 Å². The molecule has 0 fully saturated rings. The number of anilines is 1. The molecule has 15 heavy (non-hydrogen) atoms. The van der Waals surface area contributed by atoms with E-state index in [1.54, 1.807) is 7.11 Å². The van der Waals surface area contributed by atoms with Crippen LogP contribution in [0.3, 0.4) is 0 Å². The fourth-order valence-electron chi connectivity index (χ4n) is 1.51. The minimum atomic E-state index is 0.461. The van der Waals surface area contributed by atoms with Crippen molar-refractivity contribution in [1.29, 1.82) is 0 Å². The topological polar surface area (TPSA) is 38.5 Å². The lowest BCUT2D eigenvalue weighted by Gasteiger charge is -2.26. The number of benzene rings is 1. The highest BCUT2D eigenvalue weighted by molar-refractivity contribution is 5.49. The monoisotopic (exact) mass is 208 g/mol. The average Bonchev–Trinajstić information content (AvgIpc) is 2.28. The number of methoxy groups -OCH3 is 1. The van der Waals surface area contributed by atoms with E-state index < -0.39 is 0 Å². The molecule has 0 aliphatic rings. The number of hydrogen-bond donors (Lipinski definition) is 1. The van der Waals surface area contributed by atoms with Gasteiger partial charge in [-0.3, -0.25) is 0 Å². The molecule has 84 valence electrons. The number of nitrogens with zero attached hydrogens (tertiary/aromatic N) is 1. The molecular weight excluding hydrogens is 188 g/mol. The molecule has 0 amide bonds. The summed E-state index contributed by atoms with van der Waals surface area (Å²) in [4.78, 5) is 2.23. The molecule has 0 saturated heterocycles. The van der Waals surface area contributed by atoms with Crippen molar-refractivity contribution in [3.63, 3.8) is 0 Å². The van der Waals surface area contributed by atoms with E-state index in [-0.39, 0.29) is 0 Å². The normalized spacial score (nSPS) is 12.3. The molecule has 0 aromatic heterocycles. The van der Waals surface area contributed by atoms with Crippen LogP contribution in [-0.2, 0) is 0 Å². The van der Waals surface area contributed by atoms with E-state index in [1.165, 1.54) is 5.69 Å². The van der Waals surface area contributed by atoms with Gasteiger partial charge in [0, 0.05) is 18.8 Å². The lowest BCUT2D eigenvalue weighted by atomic mass is 10.2. The van der Waals surface area contributed by atoms with Crippen molar-refractivity contribution in [1.82, 2.24) is 0 Å². The summed E-state index contributed by atoms with van der Waals surface area (Å²) in [7, 11) is 3.76. The van der Waals surface area contributed by atoms with Gasteiger partial charge in [-0.05, 0) is 44.2 Å². The highest BCUT2D eigenvalue weighted by Crippen LogP contribution is 2.20. The second kappa shape index (κ2) is 5.61. The third-order valence-corrected chi connectivity index (χ3v) is 2.73. The van der Waals surface area contributed by atoms with Gasteiger partial charge in [0.2, 0.25) is 0 Å². The molecule has 0 radical (unpaired) electrons. The zero-order chi connectivity index (χ0) is 11.3. The highest BCUT2D eigenvalue weighted by Gasteiger charge is 2.08. The third kappa shape index (κ3) is 3.13. The Hall–Kier alpha value is -1.22. The molecule has 0 spiro atoms. The van der Waals surface area contributed by atoms with Crippen LogP contribution in [0.15, 0.2) is 24.3 Å². The van der Waals surface area contributed by atoms with E-state index >= 15 is 0 Å². The maximum atomic E-state index is 5.54. The van der Waals surface area contributed by atoms with Gasteiger partial charge in [0.1, 0.15) is 5.75 Å². The van der Waals surface area contributed by atoms with Crippen molar-refractivity contribution in [2.45, 2.75) is 19.4 Å². The summed E-state index contributed by atoms with van der Waals surface area (Å²) in [6, 6.07) is 8.53. The van der Waals surface area contributed by atoms with Gasteiger partial charge in [0.05, 0.1) is 7.11 Å². The standard InChI is InChI=1S/C12H20N2O/c1-10(8-9-13)14(2)11-4-6-12(15-3)7-5-11/h4-7,10H,8-9,13H2,1-3H3. The number of hydrogen-bond acceptors (Lipinski definition) is 3. The molecule has 1 unspecified atom stereocenters. The number of ether oxygens (including phenoxy) is 1. The van der Waals surface area contributed by atoms with Crippen LogP contribution in [0.25, 0.3) is 0 Å². The molecule has 0 aliphatic heterocycles. The van der Waals surface area contributed by atoms with Crippen LogP contribution in [0.1, 0.15) is 13.3 Å². The Labute approximate surface area is 91.8 Å². The molecular formula is C12H20N2O. The first kappa shape index (κ1) is 11.9. The van der Waals surface area contributed by atoms with Crippen molar-refractivity contribution < 1.29 is 4.74 Å². The third-order valence-electron chi connectivity index (χ3n) is 2.73.